The van der Waals surface area contributed by atoms with Crippen LogP contribution in [0.1, 0.15) is 46.0 Å². The number of hydrogen-bond acceptors (Lipinski definition) is 3. The molecular formula is C16H32N2O. The topological polar surface area (TPSA) is 38.5 Å². The number of nitrogens with two attached hydrogens (primary N) is 1. The molecule has 0 radical (unpaired) electrons. The molecule has 0 aromatic carbocycles. The van der Waals surface area contributed by atoms with Gasteiger partial charge >= 0.3 is 0 Å². The van der Waals surface area contributed by atoms with Gasteiger partial charge in [0, 0.05) is 25.2 Å². The lowest BCUT2D eigenvalue weighted by molar-refractivity contribution is 0.0149. The van der Waals surface area contributed by atoms with Crippen LogP contribution in [0.25, 0.3) is 0 Å². The third kappa shape index (κ3) is 3.93. The van der Waals surface area contributed by atoms with Gasteiger partial charge < -0.3 is 10.5 Å². The average molecular weight is 268 g/mol. The van der Waals surface area contributed by atoms with Crippen molar-refractivity contribution in [1.82, 2.24) is 4.90 Å². The van der Waals surface area contributed by atoms with Gasteiger partial charge in [0.25, 0.3) is 0 Å². The molecule has 0 saturated heterocycles. The minimum absolute atomic E-state index is 0.217. The molecule has 2 rings (SSSR count). The van der Waals surface area contributed by atoms with Crippen LogP contribution in [-0.2, 0) is 4.74 Å². The average Bonchev–Trinajstić information content (AvgIpc) is 3.22. The van der Waals surface area contributed by atoms with Crippen molar-refractivity contribution in [3.63, 3.8) is 0 Å². The maximum absolute atomic E-state index is 6.13. The fourth-order valence-electron chi connectivity index (χ4n) is 3.34. The Morgan fingerprint density at radius 1 is 1.21 bits per heavy atom. The largest absolute Gasteiger partial charge is 0.380 e. The fourth-order valence-corrected chi connectivity index (χ4v) is 3.34. The van der Waals surface area contributed by atoms with Gasteiger partial charge in [0.1, 0.15) is 0 Å². The zero-order valence-electron chi connectivity index (χ0n) is 13.0. The van der Waals surface area contributed by atoms with Crippen LogP contribution >= 0.6 is 0 Å². The van der Waals surface area contributed by atoms with E-state index in [1.165, 1.54) is 32.1 Å². The number of ether oxygens (including phenoxy) is 1. The van der Waals surface area contributed by atoms with Gasteiger partial charge in [-0.25, -0.2) is 0 Å². The first-order valence-corrected chi connectivity index (χ1v) is 8.06. The van der Waals surface area contributed by atoms with Crippen LogP contribution in [0.3, 0.4) is 0 Å². The Morgan fingerprint density at radius 2 is 1.95 bits per heavy atom. The first kappa shape index (κ1) is 15.3. The van der Waals surface area contributed by atoms with Gasteiger partial charge in [-0.3, -0.25) is 4.90 Å². The molecule has 2 saturated carbocycles. The fraction of sp³-hybridized carbons (Fsp3) is 1.00. The molecule has 0 aromatic rings. The SMILES string of the molecule is CC1CCC(CN)(N(C)CCOCC2CC2)CC1C. The molecule has 0 heterocycles. The second-order valence-corrected chi connectivity index (χ2v) is 7.07. The molecular weight excluding hydrogens is 236 g/mol. The van der Waals surface area contributed by atoms with Crippen molar-refractivity contribution < 1.29 is 4.74 Å². The number of likely N-dealkylation sites (N-methyl/N-ethyl adjacent to an activating group) is 1. The minimum Gasteiger partial charge on any atom is -0.380 e. The molecule has 2 N–H and O–H groups in total. The summed E-state index contributed by atoms with van der Waals surface area (Å²) in [5.74, 6) is 2.50. The van der Waals surface area contributed by atoms with Crippen LogP contribution in [0.5, 0.6) is 0 Å². The van der Waals surface area contributed by atoms with Crippen molar-refractivity contribution in [3.05, 3.63) is 0 Å². The van der Waals surface area contributed by atoms with Crippen molar-refractivity contribution in [1.29, 1.82) is 0 Å². The highest BCUT2D eigenvalue weighted by atomic mass is 16.5. The molecule has 3 atom stereocenters. The Labute approximate surface area is 118 Å². The van der Waals surface area contributed by atoms with E-state index in [0.29, 0.717) is 0 Å². The van der Waals surface area contributed by atoms with Gasteiger partial charge in [-0.2, -0.15) is 0 Å². The summed E-state index contributed by atoms with van der Waals surface area (Å²) in [6, 6.07) is 0. The lowest BCUT2D eigenvalue weighted by Crippen LogP contribution is -2.56. The molecule has 3 nitrogen and oxygen atoms in total. The molecule has 0 amide bonds. The van der Waals surface area contributed by atoms with E-state index < -0.39 is 0 Å². The molecule has 3 heteroatoms. The summed E-state index contributed by atoms with van der Waals surface area (Å²) in [5, 5.41) is 0. The maximum atomic E-state index is 6.13. The maximum Gasteiger partial charge on any atom is 0.0593 e. The Bertz CT molecular complexity index is 280. The van der Waals surface area contributed by atoms with Gasteiger partial charge in [-0.15, -0.1) is 0 Å². The van der Waals surface area contributed by atoms with Crippen LogP contribution in [0.2, 0.25) is 0 Å². The van der Waals surface area contributed by atoms with E-state index in [9.17, 15) is 0 Å². The van der Waals surface area contributed by atoms with Crippen LogP contribution in [0, 0.1) is 17.8 Å². The van der Waals surface area contributed by atoms with Crippen molar-refractivity contribution in [3.8, 4) is 0 Å². The summed E-state index contributed by atoms with van der Waals surface area (Å²) < 4.78 is 5.77. The molecule has 3 unspecified atom stereocenters. The van der Waals surface area contributed by atoms with Crippen LogP contribution in [0.15, 0.2) is 0 Å². The zero-order valence-corrected chi connectivity index (χ0v) is 13.0. The van der Waals surface area contributed by atoms with E-state index in [2.05, 4.69) is 25.8 Å². The molecule has 0 spiro atoms. The van der Waals surface area contributed by atoms with Gasteiger partial charge in [0.15, 0.2) is 0 Å². The molecule has 112 valence electrons. The Balaban J connectivity index is 1.77. The van der Waals surface area contributed by atoms with E-state index in [1.807, 2.05) is 0 Å². The minimum atomic E-state index is 0.217. The van der Waals surface area contributed by atoms with Gasteiger partial charge in [-0.1, -0.05) is 13.8 Å². The molecule has 0 bridgehead atoms. The Kier molecular flexibility index (Phi) is 5.27. The number of nitrogens with zero attached hydrogens (tertiary/aromatic N) is 1. The van der Waals surface area contributed by atoms with E-state index in [4.69, 9.17) is 10.5 Å². The van der Waals surface area contributed by atoms with Crippen LogP contribution in [-0.4, -0.2) is 43.8 Å². The summed E-state index contributed by atoms with van der Waals surface area (Å²) in [6.45, 7) is 8.39. The summed E-state index contributed by atoms with van der Waals surface area (Å²) >= 11 is 0. The van der Waals surface area contributed by atoms with Crippen LogP contribution in [0.4, 0.5) is 0 Å². The number of hydrogen-bond donors (Lipinski definition) is 1. The standard InChI is InChI=1S/C16H32N2O/c1-13-6-7-16(12-17,10-14(13)2)18(3)8-9-19-11-15-4-5-15/h13-15H,4-12,17H2,1-3H3. The van der Waals surface area contributed by atoms with Crippen molar-refractivity contribution in [2.24, 2.45) is 23.5 Å². The van der Waals surface area contributed by atoms with Gasteiger partial charge in [0.2, 0.25) is 0 Å². The first-order chi connectivity index (χ1) is 9.07. The third-order valence-electron chi connectivity index (χ3n) is 5.55. The molecule has 2 fully saturated rings. The summed E-state index contributed by atoms with van der Waals surface area (Å²) in [7, 11) is 2.23. The quantitative estimate of drug-likeness (QED) is 0.721. The highest BCUT2D eigenvalue weighted by Crippen LogP contribution is 2.38. The van der Waals surface area contributed by atoms with E-state index in [1.54, 1.807) is 0 Å². The second-order valence-electron chi connectivity index (χ2n) is 7.07. The lowest BCUT2D eigenvalue weighted by atomic mass is 9.70. The summed E-state index contributed by atoms with van der Waals surface area (Å²) in [6.07, 6.45) is 6.54. The number of rotatable bonds is 7. The molecule has 19 heavy (non-hydrogen) atoms. The van der Waals surface area contributed by atoms with Crippen molar-refractivity contribution in [2.45, 2.75) is 51.5 Å². The van der Waals surface area contributed by atoms with Gasteiger partial charge in [0.05, 0.1) is 6.61 Å². The highest BCUT2D eigenvalue weighted by Gasteiger charge is 2.39. The van der Waals surface area contributed by atoms with Crippen LogP contribution < -0.4 is 5.73 Å². The third-order valence-corrected chi connectivity index (χ3v) is 5.55. The molecule has 0 aliphatic heterocycles. The van der Waals surface area contributed by atoms with E-state index >= 15 is 0 Å². The monoisotopic (exact) mass is 268 g/mol. The van der Waals surface area contributed by atoms with E-state index in [0.717, 1.165) is 44.1 Å². The highest BCUT2D eigenvalue weighted by molar-refractivity contribution is 4.96. The lowest BCUT2D eigenvalue weighted by Gasteiger charge is -2.48. The first-order valence-electron chi connectivity index (χ1n) is 8.06. The molecule has 2 aliphatic carbocycles. The normalized spacial score (nSPS) is 35.8. The molecule has 2 aliphatic rings. The van der Waals surface area contributed by atoms with Crippen molar-refractivity contribution >= 4 is 0 Å². The molecule has 0 aromatic heterocycles. The Hall–Kier alpha value is -0.120. The predicted octanol–water partition coefficient (Wildman–Crippen LogP) is 2.50. The predicted molar refractivity (Wildman–Crippen MR) is 80.1 cm³/mol. The summed E-state index contributed by atoms with van der Waals surface area (Å²) in [5.41, 5.74) is 6.34. The van der Waals surface area contributed by atoms with E-state index in [-0.39, 0.29) is 5.54 Å². The summed E-state index contributed by atoms with van der Waals surface area (Å²) in [4.78, 5) is 2.47. The van der Waals surface area contributed by atoms with Crippen molar-refractivity contribution in [2.75, 3.05) is 33.4 Å². The second kappa shape index (κ2) is 6.55. The zero-order chi connectivity index (χ0) is 13.9. The Morgan fingerprint density at radius 3 is 2.53 bits per heavy atom. The van der Waals surface area contributed by atoms with Gasteiger partial charge in [-0.05, 0) is 56.9 Å². The smallest absolute Gasteiger partial charge is 0.0593 e.